The zero-order chi connectivity index (χ0) is 13.7. The monoisotopic (exact) mass is 263 g/mol. The van der Waals surface area contributed by atoms with Crippen LogP contribution in [0.4, 0.5) is 0 Å². The van der Waals surface area contributed by atoms with Crippen LogP contribution in [0.25, 0.3) is 0 Å². The summed E-state index contributed by atoms with van der Waals surface area (Å²) < 4.78 is 10.9. The summed E-state index contributed by atoms with van der Waals surface area (Å²) in [5.41, 5.74) is 1.31. The third-order valence-corrected chi connectivity index (χ3v) is 3.92. The lowest BCUT2D eigenvalue weighted by Crippen LogP contribution is -2.39. The first-order chi connectivity index (χ1) is 9.22. The average molecular weight is 263 g/mol. The largest absolute Gasteiger partial charge is 0.497 e. The van der Waals surface area contributed by atoms with E-state index >= 15 is 0 Å². The average Bonchev–Trinajstić information content (AvgIpc) is 2.47. The predicted molar refractivity (Wildman–Crippen MR) is 77.6 cm³/mol. The fraction of sp³-hybridized carbons (Fsp3) is 0.625. The molecule has 1 saturated heterocycles. The standard InChI is InChI=1S/C16H25NO2/c1-4-15-11-14(9-10-19-15)17-12(2)13-5-7-16(18-3)8-6-13/h5-8,12,14-15,17H,4,9-11H2,1-3H3/t12-,14?,15?/m1/s1. The minimum absolute atomic E-state index is 0.367. The van der Waals surface area contributed by atoms with Crippen LogP contribution in [0.15, 0.2) is 24.3 Å². The van der Waals surface area contributed by atoms with Gasteiger partial charge in [-0.05, 0) is 43.9 Å². The number of hydrogen-bond acceptors (Lipinski definition) is 3. The van der Waals surface area contributed by atoms with Gasteiger partial charge < -0.3 is 14.8 Å². The van der Waals surface area contributed by atoms with E-state index < -0.39 is 0 Å². The van der Waals surface area contributed by atoms with E-state index in [1.807, 2.05) is 12.1 Å². The summed E-state index contributed by atoms with van der Waals surface area (Å²) in [6.07, 6.45) is 3.76. The molecule has 2 rings (SSSR count). The van der Waals surface area contributed by atoms with Gasteiger partial charge in [-0.3, -0.25) is 0 Å². The van der Waals surface area contributed by atoms with E-state index in [4.69, 9.17) is 9.47 Å². The molecule has 3 nitrogen and oxygen atoms in total. The first kappa shape index (κ1) is 14.4. The van der Waals surface area contributed by atoms with Crippen LogP contribution in [0.5, 0.6) is 5.75 Å². The summed E-state index contributed by atoms with van der Waals surface area (Å²) in [6, 6.07) is 9.24. The summed E-state index contributed by atoms with van der Waals surface area (Å²) in [4.78, 5) is 0. The van der Waals surface area contributed by atoms with Crippen molar-refractivity contribution in [2.75, 3.05) is 13.7 Å². The minimum Gasteiger partial charge on any atom is -0.497 e. The Hall–Kier alpha value is -1.06. The van der Waals surface area contributed by atoms with Gasteiger partial charge in [0.05, 0.1) is 13.2 Å². The number of rotatable bonds is 5. The fourth-order valence-electron chi connectivity index (χ4n) is 2.66. The van der Waals surface area contributed by atoms with Gasteiger partial charge in [0.25, 0.3) is 0 Å². The van der Waals surface area contributed by atoms with Gasteiger partial charge in [-0.1, -0.05) is 19.1 Å². The Morgan fingerprint density at radius 1 is 1.37 bits per heavy atom. The maximum absolute atomic E-state index is 5.72. The van der Waals surface area contributed by atoms with Crippen LogP contribution in [0.3, 0.4) is 0 Å². The molecule has 106 valence electrons. The molecule has 0 aliphatic carbocycles. The predicted octanol–water partition coefficient (Wildman–Crippen LogP) is 3.30. The second-order valence-electron chi connectivity index (χ2n) is 5.28. The molecule has 2 unspecified atom stereocenters. The lowest BCUT2D eigenvalue weighted by atomic mass is 9.99. The summed E-state index contributed by atoms with van der Waals surface area (Å²) in [7, 11) is 1.70. The molecular formula is C16H25NO2. The Bertz CT molecular complexity index is 377. The first-order valence-corrected chi connectivity index (χ1v) is 7.24. The zero-order valence-electron chi connectivity index (χ0n) is 12.2. The smallest absolute Gasteiger partial charge is 0.118 e. The second-order valence-corrected chi connectivity index (χ2v) is 5.28. The molecule has 1 aromatic carbocycles. The van der Waals surface area contributed by atoms with E-state index in [-0.39, 0.29) is 0 Å². The number of nitrogens with one attached hydrogen (secondary N) is 1. The quantitative estimate of drug-likeness (QED) is 0.884. The van der Waals surface area contributed by atoms with Crippen molar-refractivity contribution in [3.8, 4) is 5.75 Å². The molecule has 1 aliphatic heterocycles. The van der Waals surface area contributed by atoms with Crippen LogP contribution in [-0.4, -0.2) is 25.9 Å². The molecule has 0 bridgehead atoms. The molecule has 3 heteroatoms. The van der Waals surface area contributed by atoms with Crippen molar-refractivity contribution in [1.29, 1.82) is 0 Å². The summed E-state index contributed by atoms with van der Waals surface area (Å²) in [5, 5.41) is 3.72. The Labute approximate surface area is 116 Å². The Kier molecular flexibility index (Phi) is 5.23. The highest BCUT2D eigenvalue weighted by Gasteiger charge is 2.22. The van der Waals surface area contributed by atoms with Crippen LogP contribution in [0, 0.1) is 0 Å². The molecule has 0 spiro atoms. The third kappa shape index (κ3) is 3.95. The Morgan fingerprint density at radius 3 is 2.74 bits per heavy atom. The zero-order valence-corrected chi connectivity index (χ0v) is 12.2. The fourth-order valence-corrected chi connectivity index (χ4v) is 2.66. The maximum Gasteiger partial charge on any atom is 0.118 e. The lowest BCUT2D eigenvalue weighted by Gasteiger charge is -2.32. The Morgan fingerprint density at radius 2 is 2.11 bits per heavy atom. The van der Waals surface area contributed by atoms with Gasteiger partial charge in [-0.2, -0.15) is 0 Å². The van der Waals surface area contributed by atoms with Gasteiger partial charge >= 0.3 is 0 Å². The van der Waals surface area contributed by atoms with Crippen LogP contribution >= 0.6 is 0 Å². The maximum atomic E-state index is 5.72. The first-order valence-electron chi connectivity index (χ1n) is 7.24. The number of ether oxygens (including phenoxy) is 2. The highest BCUT2D eigenvalue weighted by molar-refractivity contribution is 5.28. The Balaban J connectivity index is 1.90. The summed E-state index contributed by atoms with van der Waals surface area (Å²) in [6.45, 7) is 5.30. The van der Waals surface area contributed by atoms with Crippen molar-refractivity contribution in [1.82, 2.24) is 5.32 Å². The topological polar surface area (TPSA) is 30.5 Å². The molecule has 0 saturated carbocycles. The van der Waals surface area contributed by atoms with E-state index in [0.717, 1.165) is 31.6 Å². The molecule has 1 aliphatic rings. The van der Waals surface area contributed by atoms with Crippen LogP contribution in [-0.2, 0) is 4.74 Å². The summed E-state index contributed by atoms with van der Waals surface area (Å²) >= 11 is 0. The number of benzene rings is 1. The minimum atomic E-state index is 0.367. The van der Waals surface area contributed by atoms with E-state index in [2.05, 4.69) is 31.3 Å². The molecule has 1 aromatic rings. The SMILES string of the molecule is CCC1CC(N[C@H](C)c2ccc(OC)cc2)CCO1. The van der Waals surface area contributed by atoms with Crippen LogP contribution in [0.1, 0.15) is 44.7 Å². The molecule has 0 radical (unpaired) electrons. The molecule has 1 heterocycles. The highest BCUT2D eigenvalue weighted by Crippen LogP contribution is 2.22. The van der Waals surface area contributed by atoms with Gasteiger partial charge in [0.2, 0.25) is 0 Å². The van der Waals surface area contributed by atoms with Gasteiger partial charge in [0, 0.05) is 18.7 Å². The third-order valence-electron chi connectivity index (χ3n) is 3.92. The molecule has 1 N–H and O–H groups in total. The van der Waals surface area contributed by atoms with Crippen LogP contribution in [0.2, 0.25) is 0 Å². The van der Waals surface area contributed by atoms with Crippen molar-refractivity contribution in [2.24, 2.45) is 0 Å². The van der Waals surface area contributed by atoms with Crippen molar-refractivity contribution in [2.45, 2.75) is 51.3 Å². The van der Waals surface area contributed by atoms with Gasteiger partial charge in [0.15, 0.2) is 0 Å². The van der Waals surface area contributed by atoms with E-state index in [0.29, 0.717) is 18.2 Å². The van der Waals surface area contributed by atoms with Crippen molar-refractivity contribution in [3.05, 3.63) is 29.8 Å². The number of hydrogen-bond donors (Lipinski definition) is 1. The van der Waals surface area contributed by atoms with E-state index in [9.17, 15) is 0 Å². The lowest BCUT2D eigenvalue weighted by molar-refractivity contribution is -0.00165. The van der Waals surface area contributed by atoms with Crippen molar-refractivity contribution < 1.29 is 9.47 Å². The summed E-state index contributed by atoms with van der Waals surface area (Å²) in [5.74, 6) is 0.910. The number of methoxy groups -OCH3 is 1. The van der Waals surface area contributed by atoms with Crippen molar-refractivity contribution in [3.63, 3.8) is 0 Å². The van der Waals surface area contributed by atoms with Gasteiger partial charge in [0.1, 0.15) is 5.75 Å². The van der Waals surface area contributed by atoms with Gasteiger partial charge in [-0.25, -0.2) is 0 Å². The molecular weight excluding hydrogens is 238 g/mol. The van der Waals surface area contributed by atoms with Crippen molar-refractivity contribution >= 4 is 0 Å². The second kappa shape index (κ2) is 6.92. The molecule has 0 aromatic heterocycles. The molecule has 1 fully saturated rings. The molecule has 3 atom stereocenters. The van der Waals surface area contributed by atoms with E-state index in [1.165, 1.54) is 5.56 Å². The normalized spacial score (nSPS) is 25.0. The highest BCUT2D eigenvalue weighted by atomic mass is 16.5. The van der Waals surface area contributed by atoms with Crippen LogP contribution < -0.4 is 10.1 Å². The van der Waals surface area contributed by atoms with E-state index in [1.54, 1.807) is 7.11 Å². The molecule has 0 amide bonds. The van der Waals surface area contributed by atoms with Gasteiger partial charge in [-0.15, -0.1) is 0 Å². The molecule has 19 heavy (non-hydrogen) atoms.